The minimum absolute atomic E-state index is 0.0324. The highest BCUT2D eigenvalue weighted by atomic mass is 32.5. The molecule has 4 aliphatic rings. The number of hydrogen-bond acceptors (Lipinski definition) is 20. The van der Waals surface area contributed by atoms with Gasteiger partial charge in [0.1, 0.15) is 44.2 Å². The average molecular weight is 1020 g/mol. The number of nitrogens with one attached hydrogen (secondary N) is 1. The summed E-state index contributed by atoms with van der Waals surface area (Å²) in [4.78, 5) is 9.75. The number of aliphatic imine (C=N–C) groups is 1. The molecule has 0 aliphatic carbocycles. The van der Waals surface area contributed by atoms with Gasteiger partial charge in [-0.25, -0.2) is 13.1 Å². The fourth-order valence-electron chi connectivity index (χ4n) is 6.54. The molecule has 6 unspecified atom stereocenters. The Morgan fingerprint density at radius 3 is 1.49 bits per heavy atom. The van der Waals surface area contributed by atoms with E-state index in [2.05, 4.69) is 44.4 Å². The van der Waals surface area contributed by atoms with E-state index in [0.717, 1.165) is 12.8 Å². The van der Waals surface area contributed by atoms with E-state index < -0.39 is 37.9 Å². The van der Waals surface area contributed by atoms with Crippen LogP contribution in [0.3, 0.4) is 0 Å². The van der Waals surface area contributed by atoms with E-state index in [0.29, 0.717) is 12.8 Å². The van der Waals surface area contributed by atoms with E-state index in [-0.39, 0.29) is 112 Å². The molecule has 20 nitrogen and oxygen atoms in total. The molecular weight excluding hydrogens is 963 g/mol. The van der Waals surface area contributed by atoms with Crippen LogP contribution in [0.5, 0.6) is 0 Å². The molecule has 0 aromatic carbocycles. The van der Waals surface area contributed by atoms with Gasteiger partial charge in [0.25, 0.3) is 5.17 Å². The lowest BCUT2D eigenvalue weighted by Crippen LogP contribution is -2.33. The minimum Gasteiger partial charge on any atom is -0.467 e. The minimum atomic E-state index is -3.21. The van der Waals surface area contributed by atoms with Gasteiger partial charge in [-0.3, -0.25) is 5.32 Å². The molecular formula is C36H58N6O14P2S5. The fourth-order valence-corrected chi connectivity index (χ4v) is 11.1. The van der Waals surface area contributed by atoms with Gasteiger partial charge < -0.3 is 80.8 Å². The Labute approximate surface area is 396 Å². The van der Waals surface area contributed by atoms with Gasteiger partial charge in [0.15, 0.2) is 11.3 Å². The molecule has 27 heteroatoms. The molecule has 4 fully saturated rings. The molecule has 0 aromatic rings. The summed E-state index contributed by atoms with van der Waals surface area (Å²) in [5.74, 6) is 0. The Kier molecular flexibility index (Phi) is 28.3. The molecule has 0 saturated carbocycles. The summed E-state index contributed by atoms with van der Waals surface area (Å²) >= 11 is 24.5. The zero-order valence-electron chi connectivity index (χ0n) is 36.0. The van der Waals surface area contributed by atoms with Gasteiger partial charge in [-0.15, -0.1) is 0 Å². The first-order valence-corrected chi connectivity index (χ1v) is 26.1. The molecule has 4 rings (SSSR count). The van der Waals surface area contributed by atoms with Crippen molar-refractivity contribution >= 4 is 89.2 Å². The van der Waals surface area contributed by atoms with Crippen molar-refractivity contribution in [2.45, 2.75) is 127 Å². The van der Waals surface area contributed by atoms with Crippen molar-refractivity contribution in [3.8, 4) is 6.19 Å². The Morgan fingerprint density at radius 2 is 1.14 bits per heavy atom. The molecule has 4 aliphatic heterocycles. The maximum Gasteiger partial charge on any atom is 0.327 e. The number of nitriles is 1. The van der Waals surface area contributed by atoms with Crippen molar-refractivity contribution in [1.29, 1.82) is 5.26 Å². The number of methoxy groups -OCH3 is 2. The zero-order chi connectivity index (χ0) is 47.0. The van der Waals surface area contributed by atoms with Crippen LogP contribution in [0.2, 0.25) is 0 Å². The molecule has 0 spiro atoms. The summed E-state index contributed by atoms with van der Waals surface area (Å²) in [6.07, 6.45) is 1.87. The maximum absolute atomic E-state index is 9.48. The number of nitrogens with zero attached hydrogens (tertiary/aromatic N) is 4. The summed E-state index contributed by atoms with van der Waals surface area (Å²) in [7, 11) is 3.27. The molecule has 0 amide bonds. The lowest BCUT2D eigenvalue weighted by Gasteiger charge is -2.28. The molecule has 0 bridgehead atoms. The van der Waals surface area contributed by atoms with Crippen molar-refractivity contribution < 1.29 is 65.4 Å². The number of isothiocyanates is 1. The maximum atomic E-state index is 9.48. The molecule has 63 heavy (non-hydrogen) atoms. The van der Waals surface area contributed by atoms with Crippen molar-refractivity contribution in [3.63, 3.8) is 0 Å². The van der Waals surface area contributed by atoms with Crippen LogP contribution < -0.4 is 11.1 Å². The summed E-state index contributed by atoms with van der Waals surface area (Å²) in [5.41, 5.74) is 4.84. The van der Waals surface area contributed by atoms with Crippen LogP contribution in [0, 0.1) is 24.6 Å². The Bertz CT molecular complexity index is 1710. The molecule has 4 N–H and O–H groups in total. The van der Waals surface area contributed by atoms with Gasteiger partial charge in [0.05, 0.1) is 73.8 Å². The average Bonchev–Trinajstić information content (AvgIpc) is 3.99. The topological polar surface area (TPSA) is 223 Å². The zero-order valence-corrected chi connectivity index (χ0v) is 41.8. The number of ether oxygens (including phenoxy) is 7. The summed E-state index contributed by atoms with van der Waals surface area (Å²) in [6.45, 7) is 16.1. The molecule has 356 valence electrons. The van der Waals surface area contributed by atoms with Crippen LogP contribution in [0.4, 0.5) is 0 Å². The second kappa shape index (κ2) is 30.8. The molecule has 0 aromatic heterocycles. The van der Waals surface area contributed by atoms with Crippen LogP contribution >= 0.6 is 50.1 Å². The normalized spacial score (nSPS) is 31.5. The van der Waals surface area contributed by atoms with E-state index in [1.54, 1.807) is 20.4 Å². The highest BCUT2D eigenvalue weighted by molar-refractivity contribution is 8.07. The van der Waals surface area contributed by atoms with Gasteiger partial charge in [-0.1, -0.05) is 0 Å². The predicted molar refractivity (Wildman–Crippen MR) is 249 cm³/mol. The van der Waals surface area contributed by atoms with Crippen molar-refractivity contribution in [1.82, 2.24) is 5.32 Å². The van der Waals surface area contributed by atoms with Gasteiger partial charge >= 0.3 is 13.4 Å². The number of aliphatic hydroxyl groups excluding tert-OH is 1. The third-order valence-corrected chi connectivity index (χ3v) is 14.4. The van der Waals surface area contributed by atoms with Gasteiger partial charge in [0.2, 0.25) is 13.1 Å². The number of nitrogens with two attached hydrogens (primary N) is 1. The first kappa shape index (κ1) is 57.8. The van der Waals surface area contributed by atoms with Crippen molar-refractivity contribution in [2.24, 2.45) is 10.7 Å². The highest BCUT2D eigenvalue weighted by Gasteiger charge is 2.42. The number of rotatable bonds is 21. The smallest absolute Gasteiger partial charge is 0.327 e. The van der Waals surface area contributed by atoms with Gasteiger partial charge in [0, 0.05) is 39.9 Å². The third kappa shape index (κ3) is 21.9. The van der Waals surface area contributed by atoms with Gasteiger partial charge in [-0.2, -0.15) is 10.3 Å². The van der Waals surface area contributed by atoms with Crippen LogP contribution in [-0.2, 0) is 83.9 Å². The quantitative estimate of drug-likeness (QED) is 0.0273. The van der Waals surface area contributed by atoms with E-state index in [1.165, 1.54) is 0 Å². The molecule has 0 radical (unpaired) electrons. The van der Waals surface area contributed by atoms with Gasteiger partial charge in [-0.05, 0) is 88.0 Å². The second-order valence-electron chi connectivity index (χ2n) is 14.2. The monoisotopic (exact) mass is 1020 g/mol. The Balaban J connectivity index is 0.000000388. The Morgan fingerprint density at radius 1 is 0.746 bits per heavy atom. The van der Waals surface area contributed by atoms with Crippen LogP contribution in [0.1, 0.15) is 53.4 Å². The van der Waals surface area contributed by atoms with Crippen LogP contribution in [-0.4, -0.2) is 161 Å². The lowest BCUT2D eigenvalue weighted by molar-refractivity contribution is -0.0378. The van der Waals surface area contributed by atoms with E-state index >= 15 is 0 Å². The van der Waals surface area contributed by atoms with E-state index in [1.807, 2.05) is 32.9 Å². The van der Waals surface area contributed by atoms with E-state index in [4.69, 9.17) is 120 Å². The Hall–Kier alpha value is -1.37. The first-order valence-electron chi connectivity index (χ1n) is 19.8. The summed E-state index contributed by atoms with van der Waals surface area (Å²) in [5, 5.41) is 22.3. The number of thiocarbonyl (C=S) groups is 3. The summed E-state index contributed by atoms with van der Waals surface area (Å²) < 4.78 is 74.7. The first-order chi connectivity index (χ1) is 30.0. The lowest BCUT2D eigenvalue weighted by atomic mass is 10.1. The SMILES string of the molecule is NC(=S)N=C=S.[C-]#[N+]CCOP(=S)(OC[C@H]1O[C@@H](C)CC1OC)OC1C[C@H](C)O[C@@H]1CO.[C-]#[N+]CCOP(=S)(OC[C@H]1O[C@@H](C)CC1OC)OC1C[C@H](C)O[C@@H]1COC(=S)NC#N. The van der Waals surface area contributed by atoms with Crippen molar-refractivity contribution in [3.05, 3.63) is 22.8 Å². The highest BCUT2D eigenvalue weighted by Crippen LogP contribution is 2.54. The molecule has 4 heterocycles. The second-order valence-corrected chi connectivity index (χ2v) is 21.1. The molecule has 14 atom stereocenters. The van der Waals surface area contributed by atoms with Crippen molar-refractivity contribution in [2.75, 3.05) is 67.0 Å². The van der Waals surface area contributed by atoms with Crippen LogP contribution in [0.25, 0.3) is 9.69 Å². The molecule has 4 saturated heterocycles. The predicted octanol–water partition coefficient (Wildman–Crippen LogP) is 4.53. The fraction of sp³-hybridized carbons (Fsp3) is 0.833. The largest absolute Gasteiger partial charge is 0.467 e. The standard InChI is InChI=1S/C18H28N3O7PS2.C16H28NO7PS.C2H2N2S2/c1-12-7-14(22-4)17(27-12)10-25-29(31,24-6-5-20-3)28-15-8-13(2)26-16(15)9-23-18(30)21-11-19;1-11-7-13(19-4)16(23-11)10-21-25(26,20-6-5-17-3)24-14-8-12(2)22-15(14)9-18;3-2(6)4-1-5/h12-17H,5-10H2,1-2,4H3,(H,21,30);11-16,18H,5-10H2,1-2,4H3;(H2,3,6)/t12-,13-,14?,15?,16+,17+,29?;11-,12-,13?,14?,15+,16+,25?;/m00./s1. The number of aliphatic hydroxyl groups is 1. The third-order valence-electron chi connectivity index (χ3n) is 9.25. The summed E-state index contributed by atoms with van der Waals surface area (Å²) in [6, 6.07) is 0. The number of hydrogen-bond donors (Lipinski definition) is 3. The van der Waals surface area contributed by atoms with Crippen LogP contribution in [0.15, 0.2) is 4.99 Å². The van der Waals surface area contributed by atoms with E-state index in [9.17, 15) is 5.11 Å².